The zero-order valence-corrected chi connectivity index (χ0v) is 22.0. The topological polar surface area (TPSA) is 37.3 Å². The summed E-state index contributed by atoms with van der Waals surface area (Å²) in [5.74, 6) is 5.23. The quantitative estimate of drug-likeness (QED) is 0.434. The summed E-state index contributed by atoms with van der Waals surface area (Å²) in [6.45, 7) is 16.4. The fraction of sp³-hybridized carbons (Fsp3) is 0.900. The summed E-state index contributed by atoms with van der Waals surface area (Å²) in [6, 6.07) is 0. The van der Waals surface area contributed by atoms with Gasteiger partial charge in [0.15, 0.2) is 0 Å². The Hall–Kier alpha value is -0.630. The lowest BCUT2D eigenvalue weighted by Crippen LogP contribution is -2.51. The summed E-state index contributed by atoms with van der Waals surface area (Å²) in [7, 11) is 0. The minimum atomic E-state index is -0.116. The lowest BCUT2D eigenvalue weighted by Gasteiger charge is -2.58. The van der Waals surface area contributed by atoms with Crippen LogP contribution in [0.3, 0.4) is 0 Å². The molecule has 2 heteroatoms. The molecule has 3 fully saturated rings. The number of carbonyl (C=O) groups excluding carboxylic acids is 1. The monoisotopic (exact) mass is 442 g/mol. The first-order chi connectivity index (χ1) is 15.0. The van der Waals surface area contributed by atoms with Crippen LogP contribution in [0.15, 0.2) is 11.6 Å². The number of rotatable bonds is 6. The second-order valence-corrected chi connectivity index (χ2v) is 13.5. The van der Waals surface area contributed by atoms with E-state index >= 15 is 0 Å². The van der Waals surface area contributed by atoms with Gasteiger partial charge in [0.05, 0.1) is 6.10 Å². The Kier molecular flexibility index (Phi) is 6.78. The Morgan fingerprint density at radius 3 is 2.34 bits per heavy atom. The summed E-state index contributed by atoms with van der Waals surface area (Å²) in [4.78, 5) is 13.3. The number of aliphatic hydroxyl groups is 1. The molecule has 4 aliphatic carbocycles. The molecule has 0 spiro atoms. The maximum Gasteiger partial charge on any atom is 0.136 e. The lowest BCUT2D eigenvalue weighted by atomic mass is 9.47. The van der Waals surface area contributed by atoms with Gasteiger partial charge in [-0.1, -0.05) is 60.1 Å². The van der Waals surface area contributed by atoms with Crippen molar-refractivity contribution in [3.63, 3.8) is 0 Å². The first kappa shape index (κ1) is 24.5. The van der Waals surface area contributed by atoms with Crippen molar-refractivity contribution in [3.05, 3.63) is 11.6 Å². The molecule has 0 saturated heterocycles. The number of hydrogen-bond donors (Lipinski definition) is 1. The van der Waals surface area contributed by atoms with Gasteiger partial charge in [-0.15, -0.1) is 0 Å². The minimum absolute atomic E-state index is 0.116. The van der Waals surface area contributed by atoms with Gasteiger partial charge in [-0.3, -0.25) is 4.79 Å². The van der Waals surface area contributed by atoms with Crippen LogP contribution in [0.25, 0.3) is 0 Å². The smallest absolute Gasteiger partial charge is 0.136 e. The van der Waals surface area contributed by atoms with Gasteiger partial charge in [0, 0.05) is 12.3 Å². The van der Waals surface area contributed by atoms with Crippen LogP contribution in [0, 0.1) is 58.2 Å². The average molecular weight is 443 g/mol. The van der Waals surface area contributed by atoms with E-state index in [4.69, 9.17) is 0 Å². The lowest BCUT2D eigenvalue weighted by molar-refractivity contribution is -0.127. The zero-order chi connectivity index (χ0) is 23.4. The summed E-state index contributed by atoms with van der Waals surface area (Å²) in [6.07, 6.45) is 12.9. The van der Waals surface area contributed by atoms with Gasteiger partial charge in [-0.05, 0) is 104 Å². The van der Waals surface area contributed by atoms with Crippen LogP contribution >= 0.6 is 0 Å². The number of ketones is 1. The van der Waals surface area contributed by atoms with E-state index in [-0.39, 0.29) is 12.0 Å². The van der Waals surface area contributed by atoms with Crippen LogP contribution in [-0.4, -0.2) is 17.0 Å². The zero-order valence-electron chi connectivity index (χ0n) is 22.0. The van der Waals surface area contributed by atoms with Gasteiger partial charge in [0.1, 0.15) is 5.78 Å². The number of carbonyl (C=O) groups is 1. The fourth-order valence-corrected chi connectivity index (χ4v) is 9.73. The third-order valence-corrected chi connectivity index (χ3v) is 11.2. The Morgan fingerprint density at radius 1 is 1.00 bits per heavy atom. The standard InChI is InChI=1S/C30H50O2/c1-18(2)28(19(3)4)27(32)16-20(5)24-10-11-25-23-9-8-21-17-22(31)12-14-29(21,6)26(23)13-15-30(24,25)7/h8,18-20,22-26,28,31H,9-17H2,1-7H3/t20-,22+,23?,24-,25?,26?,29+,30-/m1/s1. The van der Waals surface area contributed by atoms with E-state index in [1.807, 2.05) is 0 Å². The third-order valence-electron chi connectivity index (χ3n) is 11.2. The highest BCUT2D eigenvalue weighted by Crippen LogP contribution is 2.67. The summed E-state index contributed by atoms with van der Waals surface area (Å²) in [5, 5.41) is 10.3. The number of allylic oxidation sites excluding steroid dienone is 1. The molecule has 0 heterocycles. The number of fused-ring (bicyclic) bond motifs is 5. The minimum Gasteiger partial charge on any atom is -0.393 e. The second-order valence-electron chi connectivity index (χ2n) is 13.5. The van der Waals surface area contributed by atoms with Crippen molar-refractivity contribution in [2.45, 2.75) is 112 Å². The third kappa shape index (κ3) is 3.95. The number of Topliss-reactive ketones (excluding diaryl/α,β-unsaturated/α-hetero) is 1. The number of aliphatic hydroxyl groups excluding tert-OH is 1. The fourth-order valence-electron chi connectivity index (χ4n) is 9.73. The molecule has 4 rings (SSSR count). The van der Waals surface area contributed by atoms with Crippen molar-refractivity contribution >= 4 is 5.78 Å². The van der Waals surface area contributed by atoms with Crippen molar-refractivity contribution in [3.8, 4) is 0 Å². The van der Waals surface area contributed by atoms with Crippen LogP contribution in [0.2, 0.25) is 0 Å². The largest absolute Gasteiger partial charge is 0.393 e. The van der Waals surface area contributed by atoms with Crippen LogP contribution in [0.1, 0.15) is 106 Å². The summed E-state index contributed by atoms with van der Waals surface area (Å²) < 4.78 is 0. The molecule has 182 valence electrons. The molecule has 0 aromatic rings. The molecule has 2 nitrogen and oxygen atoms in total. The predicted molar refractivity (Wildman–Crippen MR) is 133 cm³/mol. The predicted octanol–water partition coefficient (Wildman–Crippen LogP) is 7.45. The van der Waals surface area contributed by atoms with E-state index in [1.54, 1.807) is 5.57 Å². The molecule has 0 aromatic carbocycles. The Morgan fingerprint density at radius 2 is 1.69 bits per heavy atom. The maximum atomic E-state index is 13.3. The Bertz CT molecular complexity index is 727. The highest BCUT2D eigenvalue weighted by Gasteiger charge is 2.59. The van der Waals surface area contributed by atoms with Crippen molar-refractivity contribution in [2.24, 2.45) is 58.2 Å². The molecule has 0 amide bonds. The van der Waals surface area contributed by atoms with Gasteiger partial charge in [-0.25, -0.2) is 0 Å². The summed E-state index contributed by atoms with van der Waals surface area (Å²) in [5.41, 5.74) is 2.30. The Labute approximate surface area is 198 Å². The van der Waals surface area contributed by atoms with E-state index < -0.39 is 0 Å². The van der Waals surface area contributed by atoms with E-state index in [1.165, 1.54) is 38.5 Å². The Balaban J connectivity index is 1.50. The first-order valence-corrected chi connectivity index (χ1v) is 13.9. The van der Waals surface area contributed by atoms with Crippen molar-refractivity contribution in [1.29, 1.82) is 0 Å². The van der Waals surface area contributed by atoms with Crippen molar-refractivity contribution in [1.82, 2.24) is 0 Å². The van der Waals surface area contributed by atoms with Crippen LogP contribution in [0.5, 0.6) is 0 Å². The maximum absolute atomic E-state index is 13.3. The normalized spacial score (nSPS) is 42.5. The van der Waals surface area contributed by atoms with Gasteiger partial charge < -0.3 is 5.11 Å². The second kappa shape index (κ2) is 8.86. The van der Waals surface area contributed by atoms with Crippen molar-refractivity contribution < 1.29 is 9.90 Å². The van der Waals surface area contributed by atoms with E-state index in [9.17, 15) is 9.90 Å². The molecular weight excluding hydrogens is 392 g/mol. The van der Waals surface area contributed by atoms with Crippen molar-refractivity contribution in [2.75, 3.05) is 0 Å². The molecule has 3 saturated carbocycles. The van der Waals surface area contributed by atoms with E-state index in [0.717, 1.165) is 37.0 Å². The molecule has 0 radical (unpaired) electrons. The molecule has 3 unspecified atom stereocenters. The molecule has 0 aromatic heterocycles. The molecule has 0 bridgehead atoms. The SMILES string of the molecule is CC(C)C(C(=O)C[C@@H](C)[C@H]1CCC2C3CC=C4C[C@@H](O)CC[C@]4(C)C3CC[C@@]21C)C(C)C. The van der Waals surface area contributed by atoms with Crippen LogP contribution < -0.4 is 0 Å². The molecular formula is C30H50O2. The molecule has 8 atom stereocenters. The van der Waals surface area contributed by atoms with E-state index in [0.29, 0.717) is 40.3 Å². The molecule has 4 aliphatic rings. The van der Waals surface area contributed by atoms with E-state index in [2.05, 4.69) is 54.5 Å². The van der Waals surface area contributed by atoms with Crippen LogP contribution in [-0.2, 0) is 4.79 Å². The van der Waals surface area contributed by atoms with Gasteiger partial charge >= 0.3 is 0 Å². The molecule has 1 N–H and O–H groups in total. The van der Waals surface area contributed by atoms with Gasteiger partial charge in [-0.2, -0.15) is 0 Å². The van der Waals surface area contributed by atoms with Crippen LogP contribution in [0.4, 0.5) is 0 Å². The first-order valence-electron chi connectivity index (χ1n) is 13.9. The summed E-state index contributed by atoms with van der Waals surface area (Å²) >= 11 is 0. The molecule has 0 aliphatic heterocycles. The highest BCUT2D eigenvalue weighted by atomic mass is 16.3. The molecule has 32 heavy (non-hydrogen) atoms. The van der Waals surface area contributed by atoms with Gasteiger partial charge in [0.25, 0.3) is 0 Å². The number of hydrogen-bond acceptors (Lipinski definition) is 2. The van der Waals surface area contributed by atoms with Gasteiger partial charge in [0.2, 0.25) is 0 Å². The average Bonchev–Trinajstić information content (AvgIpc) is 3.05. The highest BCUT2D eigenvalue weighted by molar-refractivity contribution is 5.81.